The van der Waals surface area contributed by atoms with Crippen LogP contribution in [0.1, 0.15) is 51.5 Å². The van der Waals surface area contributed by atoms with Gasteiger partial charge in [-0.1, -0.05) is 61.2 Å². The number of hydroxylamine groups is 1. The molecule has 0 radical (unpaired) electrons. The number of sulfonamides is 1. The number of hydrazine groups is 1. The molecule has 142 valence electrons. The van der Waals surface area contributed by atoms with E-state index >= 15 is 0 Å². The molecule has 0 bridgehead atoms. The monoisotopic (exact) mass is 390 g/mol. The van der Waals surface area contributed by atoms with Crippen LogP contribution in [0.2, 0.25) is 5.02 Å². The number of unbranched alkanes of at least 4 members (excludes halogenated alkanes) is 3. The highest BCUT2D eigenvalue weighted by molar-refractivity contribution is 7.89. The summed E-state index contributed by atoms with van der Waals surface area (Å²) < 4.78 is 24.4. The van der Waals surface area contributed by atoms with Crippen molar-refractivity contribution in [3.63, 3.8) is 0 Å². The van der Waals surface area contributed by atoms with Gasteiger partial charge in [0.2, 0.25) is 10.0 Å². The first kappa shape index (κ1) is 21.9. The fourth-order valence-corrected chi connectivity index (χ4v) is 4.10. The number of amides is 1. The lowest BCUT2D eigenvalue weighted by Gasteiger charge is -2.20. The Morgan fingerprint density at radius 3 is 2.44 bits per heavy atom. The Morgan fingerprint density at radius 1 is 1.24 bits per heavy atom. The second-order valence-corrected chi connectivity index (χ2v) is 8.43. The number of nitrogens with zero attached hydrogens (tertiary/aromatic N) is 1. The van der Waals surface area contributed by atoms with E-state index in [0.29, 0.717) is 11.4 Å². The Balaban J connectivity index is 2.75. The quantitative estimate of drug-likeness (QED) is 0.343. The van der Waals surface area contributed by atoms with E-state index < -0.39 is 15.9 Å². The maximum Gasteiger partial charge on any atom is 0.259 e. The van der Waals surface area contributed by atoms with Gasteiger partial charge in [-0.2, -0.15) is 0 Å². The summed E-state index contributed by atoms with van der Waals surface area (Å²) in [5.74, 6) is -1.07. The zero-order chi connectivity index (χ0) is 18.9. The predicted octanol–water partition coefficient (Wildman–Crippen LogP) is 3.54. The first-order valence-electron chi connectivity index (χ1n) is 8.47. The van der Waals surface area contributed by atoms with Crippen molar-refractivity contribution < 1.29 is 18.4 Å². The molecule has 0 aliphatic carbocycles. The average Bonchev–Trinajstić information content (AvgIpc) is 2.52. The van der Waals surface area contributed by atoms with Gasteiger partial charge in [0.1, 0.15) is 0 Å². The van der Waals surface area contributed by atoms with Crippen LogP contribution in [-0.4, -0.2) is 30.5 Å². The molecule has 0 spiro atoms. The molecule has 1 aromatic carbocycles. The second kappa shape index (κ2) is 10.8. The molecule has 0 aliphatic heterocycles. The van der Waals surface area contributed by atoms with E-state index in [1.54, 1.807) is 12.1 Å². The fourth-order valence-electron chi connectivity index (χ4n) is 2.60. The molecule has 0 aromatic heterocycles. The van der Waals surface area contributed by atoms with E-state index in [1.807, 2.05) is 17.0 Å². The number of rotatable bonds is 11. The van der Waals surface area contributed by atoms with Crippen LogP contribution in [0.15, 0.2) is 24.3 Å². The lowest BCUT2D eigenvalue weighted by atomic mass is 9.95. The molecule has 1 atom stereocenters. The summed E-state index contributed by atoms with van der Waals surface area (Å²) in [5.41, 5.74) is 1.01. The average molecular weight is 391 g/mol. The Morgan fingerprint density at radius 2 is 1.88 bits per heavy atom. The number of nitrogens with one attached hydrogen (secondary N) is 1. The maximum atomic E-state index is 12.2. The van der Waals surface area contributed by atoms with E-state index in [1.165, 1.54) is 0 Å². The normalized spacial score (nSPS) is 12.8. The van der Waals surface area contributed by atoms with Crippen LogP contribution in [0.3, 0.4) is 0 Å². The van der Waals surface area contributed by atoms with Gasteiger partial charge in [-0.15, -0.1) is 5.17 Å². The zero-order valence-electron chi connectivity index (χ0n) is 14.7. The van der Waals surface area contributed by atoms with Gasteiger partial charge in [-0.3, -0.25) is 10.0 Å². The van der Waals surface area contributed by atoms with Gasteiger partial charge in [0.25, 0.3) is 5.91 Å². The van der Waals surface area contributed by atoms with E-state index in [0.717, 1.165) is 44.6 Å². The zero-order valence-corrected chi connectivity index (χ0v) is 16.3. The summed E-state index contributed by atoms with van der Waals surface area (Å²) in [6.07, 6.45) is 5.58. The smallest absolute Gasteiger partial charge is 0.259 e. The van der Waals surface area contributed by atoms with Crippen molar-refractivity contribution in [2.75, 3.05) is 5.75 Å². The number of carbonyl (C=O) groups excluding carboxylic acids is 1. The van der Waals surface area contributed by atoms with Crippen LogP contribution < -0.4 is 4.83 Å². The van der Waals surface area contributed by atoms with Gasteiger partial charge in [0.05, 0.1) is 5.75 Å². The van der Waals surface area contributed by atoms with Crippen LogP contribution in [0, 0.1) is 5.92 Å². The third-order valence-corrected chi connectivity index (χ3v) is 5.50. The van der Waals surface area contributed by atoms with Gasteiger partial charge < -0.3 is 0 Å². The molecule has 2 N–H and O–H groups in total. The van der Waals surface area contributed by atoms with E-state index in [2.05, 4.69) is 6.92 Å². The molecule has 0 saturated carbocycles. The summed E-state index contributed by atoms with van der Waals surface area (Å²) in [4.78, 5) is 12.9. The van der Waals surface area contributed by atoms with Crippen molar-refractivity contribution in [1.82, 2.24) is 10.0 Å². The van der Waals surface area contributed by atoms with Gasteiger partial charge in [-0.05, 0) is 36.5 Å². The highest BCUT2D eigenvalue weighted by atomic mass is 35.5. The Bertz CT molecular complexity index is 635. The van der Waals surface area contributed by atoms with Crippen molar-refractivity contribution >= 4 is 27.5 Å². The van der Waals surface area contributed by atoms with Crippen molar-refractivity contribution in [2.24, 2.45) is 5.92 Å². The fraction of sp³-hybridized carbons (Fsp3) is 0.588. The second-order valence-electron chi connectivity index (χ2n) is 6.25. The largest absolute Gasteiger partial charge is 0.271 e. The van der Waals surface area contributed by atoms with E-state index in [4.69, 9.17) is 11.6 Å². The minimum atomic E-state index is -3.82. The highest BCUT2D eigenvalue weighted by Crippen LogP contribution is 2.20. The van der Waals surface area contributed by atoms with E-state index in [9.17, 15) is 18.4 Å². The van der Waals surface area contributed by atoms with Gasteiger partial charge in [-0.25, -0.2) is 8.42 Å². The number of carbonyl (C=O) groups is 1. The lowest BCUT2D eigenvalue weighted by molar-refractivity contribution is -0.169. The Kier molecular flexibility index (Phi) is 9.42. The minimum Gasteiger partial charge on any atom is -0.271 e. The molecule has 1 aromatic rings. The van der Waals surface area contributed by atoms with Crippen molar-refractivity contribution in [3.8, 4) is 0 Å². The summed E-state index contributed by atoms with van der Waals surface area (Å²) >= 11 is 5.89. The number of halogens is 1. The summed E-state index contributed by atoms with van der Waals surface area (Å²) in [6, 6.07) is 7.33. The summed E-state index contributed by atoms with van der Waals surface area (Å²) in [6.45, 7) is 3.19. The van der Waals surface area contributed by atoms with Crippen LogP contribution >= 0.6 is 11.6 Å². The Hall–Kier alpha value is -1.15. The molecule has 1 amide bonds. The third kappa shape index (κ3) is 9.21. The summed E-state index contributed by atoms with van der Waals surface area (Å²) in [5, 5.41) is 9.96. The molecule has 0 aliphatic rings. The van der Waals surface area contributed by atoms with Gasteiger partial charge >= 0.3 is 0 Å². The van der Waals surface area contributed by atoms with Crippen LogP contribution in [0.4, 0.5) is 0 Å². The van der Waals surface area contributed by atoms with Crippen molar-refractivity contribution in [1.29, 1.82) is 0 Å². The topological polar surface area (TPSA) is 86.7 Å². The van der Waals surface area contributed by atoms with Crippen LogP contribution in [0.25, 0.3) is 0 Å². The molecule has 25 heavy (non-hydrogen) atoms. The Labute approximate surface area is 155 Å². The molecular formula is C17H27ClN2O4S. The molecule has 0 heterocycles. The predicted molar refractivity (Wildman–Crippen MR) is 98.6 cm³/mol. The number of hydrogen-bond acceptors (Lipinski definition) is 4. The first-order chi connectivity index (χ1) is 11.7. The van der Waals surface area contributed by atoms with Crippen LogP contribution in [0.5, 0.6) is 0 Å². The van der Waals surface area contributed by atoms with E-state index in [-0.39, 0.29) is 16.8 Å². The standard InChI is InChI=1S/C17H27ClN2O4S/c1-3-4-5-6-7-16(12-15-8-10-17(18)11-9-15)13-25(23,24)19-20(22)14(2)21/h8-11,16,19,22H,3-7,12-13H2,1-2H3. The molecule has 8 heteroatoms. The van der Waals surface area contributed by atoms with Crippen molar-refractivity contribution in [3.05, 3.63) is 34.9 Å². The third-order valence-electron chi connectivity index (χ3n) is 3.88. The molecular weight excluding hydrogens is 364 g/mol. The summed E-state index contributed by atoms with van der Waals surface area (Å²) in [7, 11) is -3.82. The molecule has 0 fully saturated rings. The molecule has 1 rings (SSSR count). The maximum absolute atomic E-state index is 12.2. The first-order valence-corrected chi connectivity index (χ1v) is 10.5. The lowest BCUT2D eigenvalue weighted by Crippen LogP contribution is -2.44. The van der Waals surface area contributed by atoms with Gasteiger partial charge in [0.15, 0.2) is 0 Å². The van der Waals surface area contributed by atoms with Crippen LogP contribution in [-0.2, 0) is 21.2 Å². The molecule has 0 saturated heterocycles. The SMILES string of the molecule is CCCCCCC(Cc1ccc(Cl)cc1)CS(=O)(=O)NN(O)C(C)=O. The number of benzene rings is 1. The molecule has 1 unspecified atom stereocenters. The van der Waals surface area contributed by atoms with Crippen molar-refractivity contribution in [2.45, 2.75) is 52.4 Å². The highest BCUT2D eigenvalue weighted by Gasteiger charge is 2.22. The minimum absolute atomic E-state index is 0.00572. The number of hydrogen-bond donors (Lipinski definition) is 2. The molecule has 6 nitrogen and oxygen atoms in total. The van der Waals surface area contributed by atoms with Gasteiger partial charge in [0, 0.05) is 11.9 Å².